The number of nitrogens with zero attached hydrogens (tertiary/aromatic N) is 3. The number of hydrogen-bond acceptors (Lipinski definition) is 4. The van der Waals surface area contributed by atoms with Gasteiger partial charge in [-0.15, -0.1) is 0 Å². The van der Waals surface area contributed by atoms with Crippen molar-refractivity contribution in [1.82, 2.24) is 9.88 Å². The number of amides is 1. The average Bonchev–Trinajstić information content (AvgIpc) is 2.84. The second-order valence-corrected chi connectivity index (χ2v) is 8.76. The Morgan fingerprint density at radius 2 is 1.71 bits per heavy atom. The minimum atomic E-state index is -1.32. The highest BCUT2D eigenvalue weighted by molar-refractivity contribution is 6.30. The molecule has 3 aromatic rings. The highest BCUT2D eigenvalue weighted by Crippen LogP contribution is 2.35. The molecule has 1 aliphatic rings. The Bertz CT molecular complexity index is 1250. The number of piperazine rings is 1. The van der Waals surface area contributed by atoms with E-state index in [4.69, 9.17) is 23.2 Å². The highest BCUT2D eigenvalue weighted by atomic mass is 35.5. The molecule has 10 heteroatoms. The number of halogens is 5. The van der Waals surface area contributed by atoms with E-state index in [0.29, 0.717) is 43.8 Å². The van der Waals surface area contributed by atoms with Crippen LogP contribution in [-0.4, -0.2) is 48.5 Å². The number of carbonyl (C=O) groups is 1. The van der Waals surface area contributed by atoms with Gasteiger partial charge < -0.3 is 10.2 Å². The maximum Gasteiger partial charge on any atom is 0.255 e. The predicted octanol–water partition coefficient (Wildman–Crippen LogP) is 5.89. The standard InChI is InChI=1S/C25H21Cl2F3N4O/c26-18-5-3-16(4-6-18)2-1-9-33-10-12-34(13-11-33)24-22(30)19(28)15-20(29)23(24)32-25(35)17-7-8-31-21(27)14-17/h1-8,14-15H,9-13H2,(H,32,35). The van der Waals surface area contributed by atoms with E-state index in [2.05, 4.69) is 15.2 Å². The summed E-state index contributed by atoms with van der Waals surface area (Å²) in [7, 11) is 0. The van der Waals surface area contributed by atoms with Crippen LogP contribution in [0.25, 0.3) is 6.08 Å². The van der Waals surface area contributed by atoms with Crippen molar-refractivity contribution in [1.29, 1.82) is 0 Å². The maximum absolute atomic E-state index is 14.9. The lowest BCUT2D eigenvalue weighted by Gasteiger charge is -2.36. The van der Waals surface area contributed by atoms with E-state index in [-0.39, 0.29) is 16.4 Å². The predicted molar refractivity (Wildman–Crippen MR) is 133 cm³/mol. The van der Waals surface area contributed by atoms with Gasteiger partial charge in [-0.2, -0.15) is 0 Å². The number of carbonyl (C=O) groups excluding carboxylic acids is 1. The second kappa shape index (κ2) is 11.1. The summed E-state index contributed by atoms with van der Waals surface area (Å²) in [5.74, 6) is -4.33. The lowest BCUT2D eigenvalue weighted by molar-refractivity contribution is 0.102. The van der Waals surface area contributed by atoms with Crippen molar-refractivity contribution in [2.24, 2.45) is 0 Å². The molecule has 0 bridgehead atoms. The summed E-state index contributed by atoms with van der Waals surface area (Å²) in [4.78, 5) is 20.1. The molecule has 0 saturated carbocycles. The molecule has 1 N–H and O–H groups in total. The Morgan fingerprint density at radius 1 is 1.00 bits per heavy atom. The number of anilines is 2. The Labute approximate surface area is 210 Å². The molecule has 1 fully saturated rings. The molecule has 4 rings (SSSR count). The molecule has 1 aromatic heterocycles. The van der Waals surface area contributed by atoms with E-state index in [0.717, 1.165) is 5.56 Å². The Balaban J connectivity index is 1.46. The fourth-order valence-electron chi connectivity index (χ4n) is 3.79. The Kier molecular flexibility index (Phi) is 7.95. The number of aromatic nitrogens is 1. The lowest BCUT2D eigenvalue weighted by Crippen LogP contribution is -2.47. The smallest absolute Gasteiger partial charge is 0.255 e. The molecule has 2 aromatic carbocycles. The van der Waals surface area contributed by atoms with Crippen LogP contribution < -0.4 is 10.2 Å². The van der Waals surface area contributed by atoms with E-state index in [1.807, 2.05) is 36.4 Å². The fourth-order valence-corrected chi connectivity index (χ4v) is 4.09. The normalized spacial score (nSPS) is 14.5. The lowest BCUT2D eigenvalue weighted by atomic mass is 10.1. The summed E-state index contributed by atoms with van der Waals surface area (Å²) < 4.78 is 43.7. The third-order valence-corrected chi connectivity index (χ3v) is 6.07. The first-order chi connectivity index (χ1) is 16.8. The van der Waals surface area contributed by atoms with E-state index < -0.39 is 29.0 Å². The quantitative estimate of drug-likeness (QED) is 0.325. The minimum absolute atomic E-state index is 0.0740. The SMILES string of the molecule is O=C(Nc1c(F)cc(F)c(F)c1N1CCN(CC=Cc2ccc(Cl)cc2)CC1)c1ccnc(Cl)c1. The van der Waals surface area contributed by atoms with Crippen LogP contribution in [0, 0.1) is 17.5 Å². The van der Waals surface area contributed by atoms with Crippen molar-refractivity contribution in [3.8, 4) is 0 Å². The number of rotatable bonds is 6. The highest BCUT2D eigenvalue weighted by Gasteiger charge is 2.27. The molecule has 182 valence electrons. The van der Waals surface area contributed by atoms with Crippen LogP contribution >= 0.6 is 23.2 Å². The molecule has 2 heterocycles. The van der Waals surface area contributed by atoms with Crippen molar-refractivity contribution < 1.29 is 18.0 Å². The summed E-state index contributed by atoms with van der Waals surface area (Å²) in [6, 6.07) is 10.5. The van der Waals surface area contributed by atoms with Crippen LogP contribution in [0.2, 0.25) is 10.2 Å². The summed E-state index contributed by atoms with van der Waals surface area (Å²) in [5, 5.41) is 3.11. The molecule has 5 nitrogen and oxygen atoms in total. The molecule has 1 amide bonds. The number of benzene rings is 2. The molecule has 0 atom stereocenters. The maximum atomic E-state index is 14.9. The molecule has 0 unspecified atom stereocenters. The van der Waals surface area contributed by atoms with Gasteiger partial charge in [-0.25, -0.2) is 18.2 Å². The average molecular weight is 521 g/mol. The van der Waals surface area contributed by atoms with Gasteiger partial charge in [0.2, 0.25) is 0 Å². The minimum Gasteiger partial charge on any atom is -0.365 e. The van der Waals surface area contributed by atoms with Gasteiger partial charge in [-0.3, -0.25) is 9.69 Å². The fraction of sp³-hybridized carbons (Fsp3) is 0.200. The number of nitrogens with one attached hydrogen (secondary N) is 1. The van der Waals surface area contributed by atoms with Gasteiger partial charge in [0.1, 0.15) is 16.5 Å². The monoisotopic (exact) mass is 520 g/mol. The third kappa shape index (κ3) is 6.14. The van der Waals surface area contributed by atoms with Gasteiger partial charge in [0.25, 0.3) is 5.91 Å². The van der Waals surface area contributed by atoms with E-state index in [1.165, 1.54) is 23.2 Å². The number of hydrogen-bond donors (Lipinski definition) is 1. The first-order valence-electron chi connectivity index (χ1n) is 10.8. The topological polar surface area (TPSA) is 48.5 Å². The van der Waals surface area contributed by atoms with Crippen molar-refractivity contribution in [3.63, 3.8) is 0 Å². The zero-order valence-electron chi connectivity index (χ0n) is 18.4. The van der Waals surface area contributed by atoms with Crippen molar-refractivity contribution in [3.05, 3.63) is 93.5 Å². The third-order valence-electron chi connectivity index (χ3n) is 5.61. The first kappa shape index (κ1) is 25.0. The van der Waals surface area contributed by atoms with Crippen molar-refractivity contribution in [2.45, 2.75) is 0 Å². The van der Waals surface area contributed by atoms with Crippen LogP contribution in [0.15, 0.2) is 54.7 Å². The zero-order chi connectivity index (χ0) is 24.9. The Morgan fingerprint density at radius 3 is 2.40 bits per heavy atom. The summed E-state index contributed by atoms with van der Waals surface area (Å²) in [6.45, 7) is 2.37. The zero-order valence-corrected chi connectivity index (χ0v) is 20.0. The second-order valence-electron chi connectivity index (χ2n) is 7.94. The van der Waals surface area contributed by atoms with Gasteiger partial charge >= 0.3 is 0 Å². The molecular formula is C25H21Cl2F3N4O. The Hall–Kier alpha value is -3.07. The molecular weight excluding hydrogens is 500 g/mol. The van der Waals surface area contributed by atoms with Gasteiger partial charge in [-0.05, 0) is 29.8 Å². The molecule has 0 aliphatic carbocycles. The van der Waals surface area contributed by atoms with Crippen LogP contribution in [0.1, 0.15) is 15.9 Å². The van der Waals surface area contributed by atoms with Crippen LogP contribution in [0.5, 0.6) is 0 Å². The van der Waals surface area contributed by atoms with Crippen LogP contribution in [0.4, 0.5) is 24.5 Å². The summed E-state index contributed by atoms with van der Waals surface area (Å²) in [6.07, 6.45) is 5.30. The summed E-state index contributed by atoms with van der Waals surface area (Å²) in [5.41, 5.74) is 0.392. The largest absolute Gasteiger partial charge is 0.365 e. The first-order valence-corrected chi connectivity index (χ1v) is 11.6. The molecule has 1 aliphatic heterocycles. The van der Waals surface area contributed by atoms with Crippen molar-refractivity contribution in [2.75, 3.05) is 42.9 Å². The summed E-state index contributed by atoms with van der Waals surface area (Å²) >= 11 is 11.7. The number of pyridine rings is 1. The van der Waals surface area contributed by atoms with E-state index in [9.17, 15) is 18.0 Å². The molecule has 1 saturated heterocycles. The van der Waals surface area contributed by atoms with Crippen LogP contribution in [0.3, 0.4) is 0 Å². The molecule has 35 heavy (non-hydrogen) atoms. The van der Waals surface area contributed by atoms with Gasteiger partial charge in [0, 0.05) is 55.6 Å². The van der Waals surface area contributed by atoms with E-state index >= 15 is 0 Å². The van der Waals surface area contributed by atoms with E-state index in [1.54, 1.807) is 0 Å². The van der Waals surface area contributed by atoms with Crippen molar-refractivity contribution >= 4 is 46.6 Å². The molecule has 0 radical (unpaired) electrons. The van der Waals surface area contributed by atoms with Gasteiger partial charge in [-0.1, -0.05) is 47.5 Å². The van der Waals surface area contributed by atoms with Gasteiger partial charge in [0.05, 0.1) is 0 Å². The van der Waals surface area contributed by atoms with Gasteiger partial charge in [0.15, 0.2) is 17.5 Å². The van der Waals surface area contributed by atoms with Crippen LogP contribution in [-0.2, 0) is 0 Å². The molecule has 0 spiro atoms.